The van der Waals surface area contributed by atoms with E-state index in [1.54, 1.807) is 0 Å². The molecule has 0 unspecified atom stereocenters. The third-order valence-electron chi connectivity index (χ3n) is 58.1. The highest BCUT2D eigenvalue weighted by Gasteiger charge is 3.24. The van der Waals surface area contributed by atoms with Crippen molar-refractivity contribution in [3.63, 3.8) is 0 Å². The Hall–Kier alpha value is -2.77. The maximum atomic E-state index is 10.2. The molecule has 12 saturated heterocycles. The van der Waals surface area contributed by atoms with E-state index in [1.165, 1.54) is 0 Å². The van der Waals surface area contributed by atoms with Gasteiger partial charge in [-0.15, -0.1) is 0 Å². The van der Waals surface area contributed by atoms with Crippen molar-refractivity contribution in [1.82, 2.24) is 0 Å². The van der Waals surface area contributed by atoms with Crippen LogP contribution in [0, 0.1) is 290 Å². The molecule has 16 bridgehead atoms. The molecule has 42 heteroatoms. The van der Waals surface area contributed by atoms with Gasteiger partial charge in [-0.25, -0.2) is 0 Å². The topological polar surface area (TPSA) is 231 Å². The van der Waals surface area contributed by atoms with Crippen LogP contribution in [0.4, 0.5) is 0 Å². The average Bonchev–Trinajstić information content (AvgIpc) is 0.545. The first kappa shape index (κ1) is 76.0. The van der Waals surface area contributed by atoms with Crippen molar-refractivity contribution in [3.8, 4) is 0 Å². The SMILES string of the molecule is C[Si](C)(CCC[Si]12O[Si]3(c4ccccc4)O[Si]4(c5ccccc5)O[Si](c5ccccc5)(O1)O[Si]1(c5ccccc5)O[Si](c5ccccc5)(O2)O[Si](c2ccccc2)(O3)O[Si](c2ccccc2)(O4)O1)O[Si]12O[Si]3(C45C6C7C8C6C4C8C75)O[Si]4(C56C7C8C9C7C5C9C86)O[Si](C56C7C8C9C7C5C9C86)(O1)O[Si]1(C56C7C8C9C7C5C9C86)O[Si](C56C7C8C9C7C5C9C86)(O2)O[Si](C25C6C7C8C6C2C8C75)(O3)O[Si](C23C5C6C7C5C2C7C63)(O4)O1. The summed E-state index contributed by atoms with van der Waals surface area (Å²) in [6.45, 7) is 4.92. The highest BCUT2D eigenvalue weighted by molar-refractivity contribution is 7.14. The molecule has 54 aliphatic rings. The first-order valence-electron chi connectivity index (χ1n) is 56.9. The normalized spacial score (nSPS) is 74.4. The van der Waals surface area contributed by atoms with Gasteiger partial charge in [-0.1, -0.05) is 212 Å². The average molecular weight is 2210 g/mol. The Balaban J connectivity index is 0.484. The van der Waals surface area contributed by atoms with Crippen LogP contribution in [0.15, 0.2) is 212 Å². The van der Waals surface area contributed by atoms with E-state index in [9.17, 15) is 53.5 Å². The standard InChI is InChI=1S/C103H96O25Si17/c1-129(2,39-24-40-130-105-131(41-25-10-3-11-26-41)108-134(44-31-16-6-17-32-44)110-132(106-130,42-27-12-4-13-28-42)112-136(46-35-20-8-21-36-46)113-133(107-130,43-29-14-5-15-30-43)111-135(109-131,45-33-18-7-19-34-45)115-137(114-134,116-136)47-37-22-9-23-38-47)104-145-126-142(101-88-67-52-68(88)90(101)69(52)89(67)101)120-139(98-79-58-49-59(79)81(98)60(49)80(58)98)117-138(97-76-55-48-56(76)78(97)57(48)77(55)97)118-140(122-142,99-82-61-50-62(82)84(99)63(50)83(61)99)124-144(128-145,103-94-73-54-74(94)96(103)75(54)95(73)103)125-141(119-138,100-85-64-51-65(85)87(100)66(51)86(64)100)123-143(121-139,127-145)102-91-70-53-71(91)93(102)72(53)92(70)102/h3-23,25-38,48-96H,24,39-40H2,1-2H3. The number of rotatable bonds is 20. The lowest BCUT2D eigenvalue weighted by atomic mass is 9.01. The van der Waals surface area contributed by atoms with E-state index < -0.39 is 165 Å². The molecule has 54 fully saturated rings. The van der Waals surface area contributed by atoms with Gasteiger partial charge in [0.1, 0.15) is 0 Å². The molecule has 12 aliphatic heterocycles. The van der Waals surface area contributed by atoms with E-state index in [0.717, 1.165) is 59.2 Å². The van der Waals surface area contributed by atoms with Crippen LogP contribution in [-0.4, -0.2) is 149 Å². The highest BCUT2D eigenvalue weighted by Crippen LogP contribution is 3.20. The third-order valence-corrected chi connectivity index (χ3v) is 137. The van der Waals surface area contributed by atoms with Crippen LogP contribution in [0.3, 0.4) is 0 Å². The van der Waals surface area contributed by atoms with Gasteiger partial charge in [-0.05, 0) is 316 Å². The predicted octanol–water partition coefficient (Wildman–Crippen LogP) is 7.85. The van der Waals surface area contributed by atoms with Crippen molar-refractivity contribution in [2.24, 2.45) is 290 Å². The van der Waals surface area contributed by atoms with Crippen molar-refractivity contribution in [3.05, 3.63) is 212 Å². The summed E-state index contributed by atoms with van der Waals surface area (Å²) in [6.07, 6.45) is 0.392. The molecule has 42 saturated carbocycles. The Kier molecular flexibility index (Phi) is 10.5. The minimum absolute atomic E-state index is 0.117. The van der Waals surface area contributed by atoms with E-state index in [4.69, 9.17) is 49.4 Å². The number of hydrogen-bond acceptors (Lipinski definition) is 25. The summed E-state index contributed by atoms with van der Waals surface area (Å²) < 4.78 is 236. The van der Waals surface area contributed by atoms with Gasteiger partial charge >= 0.3 is 141 Å². The van der Waals surface area contributed by atoms with Gasteiger partial charge in [0.2, 0.25) is 0 Å². The van der Waals surface area contributed by atoms with E-state index >= 15 is 0 Å². The van der Waals surface area contributed by atoms with Crippen LogP contribution in [0.1, 0.15) is 6.42 Å². The molecule has 0 N–H and O–H groups in total. The van der Waals surface area contributed by atoms with E-state index in [1.807, 2.05) is 212 Å². The maximum Gasteiger partial charge on any atom is 0.646 e. The number of benzene rings is 7. The summed E-state index contributed by atoms with van der Waals surface area (Å²) in [4.78, 5) is 0. The third kappa shape index (κ3) is 5.68. The molecule has 7 aromatic carbocycles. The quantitative estimate of drug-likeness (QED) is 0.0661. The Bertz CT molecular complexity index is 6830. The second-order valence-corrected chi connectivity index (χ2v) is 110. The minimum Gasteiger partial charge on any atom is -0.395 e. The molecule has 25 nitrogen and oxygen atoms in total. The summed E-state index contributed by atoms with van der Waals surface area (Å²) >= 11 is 0. The largest absolute Gasteiger partial charge is 0.646 e. The fourth-order valence-corrected chi connectivity index (χ4v) is 170. The molecule has 0 spiro atoms. The molecule has 0 radical (unpaired) electrons. The highest BCUT2D eigenvalue weighted by atomic mass is 28.7. The van der Waals surface area contributed by atoms with Crippen LogP contribution in [0.25, 0.3) is 0 Å². The fraction of sp³-hybridized carbons (Fsp3) is 0.592. The number of hydrogen-bond donors (Lipinski definition) is 0. The van der Waals surface area contributed by atoms with Gasteiger partial charge in [-0.2, -0.15) is 0 Å². The van der Waals surface area contributed by atoms with E-state index in [0.29, 0.717) is 280 Å². The zero-order valence-electron chi connectivity index (χ0n) is 78.3. The molecular weight excluding hydrogens is 2110 g/mol. The second kappa shape index (κ2) is 20.0. The minimum atomic E-state index is -5.22. The van der Waals surface area contributed by atoms with Crippen LogP contribution in [0.5, 0.6) is 0 Å². The van der Waals surface area contributed by atoms with Gasteiger partial charge in [0, 0.05) is 77.6 Å². The Morgan fingerprint density at radius 3 is 0.490 bits per heavy atom. The lowest BCUT2D eigenvalue weighted by molar-refractivity contribution is -0.577. The monoisotopic (exact) mass is 2210 g/mol. The van der Waals surface area contributed by atoms with Gasteiger partial charge in [0.25, 0.3) is 0 Å². The van der Waals surface area contributed by atoms with Gasteiger partial charge < -0.3 is 103 Å². The summed E-state index contributed by atoms with van der Waals surface area (Å²) in [6, 6.07) is 71.2. The molecular formula is C103H96O25Si17. The zero-order valence-corrected chi connectivity index (χ0v) is 95.3. The molecule has 0 atom stereocenters. The lowest BCUT2D eigenvalue weighted by Crippen LogP contribution is -3.16. The lowest BCUT2D eigenvalue weighted by Gasteiger charge is -3.12. The van der Waals surface area contributed by atoms with Crippen molar-refractivity contribution in [1.29, 1.82) is 0 Å². The van der Waals surface area contributed by atoms with Crippen LogP contribution in [0.2, 0.25) is 60.5 Å². The fourth-order valence-electron chi connectivity index (χ4n) is 56.5. The van der Waals surface area contributed by atoms with Crippen LogP contribution in [-0.2, 0) is 103 Å². The second-order valence-electron chi connectivity index (χ2n) is 57.4. The molecule has 7 aromatic rings. The Labute approximate surface area is 850 Å². The molecule has 12 heterocycles. The summed E-state index contributed by atoms with van der Waals surface area (Å²) in [5, 5.41) is 1.82. The van der Waals surface area contributed by atoms with Crippen molar-refractivity contribution in [2.75, 3.05) is 0 Å². The maximum absolute atomic E-state index is 10.2. The van der Waals surface area contributed by atoms with Crippen LogP contribution >= 0.6 is 0 Å². The van der Waals surface area contributed by atoms with Gasteiger partial charge in [-0.3, -0.25) is 0 Å². The molecule has 0 aromatic heterocycles. The Morgan fingerprint density at radius 2 is 0.331 bits per heavy atom. The van der Waals surface area contributed by atoms with Crippen molar-refractivity contribution in [2.45, 2.75) is 66.9 Å². The predicted molar refractivity (Wildman–Crippen MR) is 523 cm³/mol. The summed E-state index contributed by atoms with van der Waals surface area (Å²) in [5.74, 6) is 29.8. The summed E-state index contributed by atoms with van der Waals surface area (Å²) in [7, 11) is -80.9. The first-order valence-corrected chi connectivity index (χ1v) is 87.7. The van der Waals surface area contributed by atoms with Crippen molar-refractivity contribution < 1.29 is 103 Å². The van der Waals surface area contributed by atoms with Gasteiger partial charge in [0.15, 0.2) is 8.32 Å². The van der Waals surface area contributed by atoms with Gasteiger partial charge in [0.05, 0.1) is 0 Å². The summed E-state index contributed by atoms with van der Waals surface area (Å²) in [5.41, 5.74) is 0. The Morgan fingerprint density at radius 1 is 0.186 bits per heavy atom. The molecule has 61 rings (SSSR count). The molecule has 0 amide bonds. The van der Waals surface area contributed by atoms with Crippen molar-refractivity contribution >= 4 is 186 Å². The zero-order chi connectivity index (χ0) is 90.9. The van der Waals surface area contributed by atoms with E-state index in [2.05, 4.69) is 13.1 Å². The smallest absolute Gasteiger partial charge is 0.395 e. The van der Waals surface area contributed by atoms with E-state index in [-0.39, 0.29) is 26.2 Å². The van der Waals surface area contributed by atoms with Crippen LogP contribution < -0.4 is 36.3 Å². The molecule has 726 valence electrons. The first-order chi connectivity index (χ1) is 70.9. The molecule has 42 aliphatic carbocycles. The molecule has 145 heavy (non-hydrogen) atoms.